The van der Waals surface area contributed by atoms with Gasteiger partial charge in [-0.2, -0.15) is 4.98 Å². The third kappa shape index (κ3) is 3.03. The van der Waals surface area contributed by atoms with Crippen LogP contribution in [-0.4, -0.2) is 49.7 Å². The first kappa shape index (κ1) is 14.8. The molecule has 116 valence electrons. The molecule has 2 aromatic heterocycles. The van der Waals surface area contributed by atoms with Crippen LogP contribution in [0.4, 0.5) is 10.7 Å². The minimum absolute atomic E-state index is 0.195. The number of urea groups is 1. The van der Waals surface area contributed by atoms with Crippen molar-refractivity contribution < 1.29 is 14.7 Å². The van der Waals surface area contributed by atoms with E-state index in [0.29, 0.717) is 25.0 Å². The average Bonchev–Trinajstić information content (AvgIpc) is 2.88. The highest BCUT2D eigenvalue weighted by Crippen LogP contribution is 2.18. The normalized spacial score (nSPS) is 18.4. The van der Waals surface area contributed by atoms with Crippen molar-refractivity contribution >= 4 is 39.5 Å². The number of halogens is 1. The number of carboxylic acid groups (broad SMARTS) is 1. The van der Waals surface area contributed by atoms with E-state index < -0.39 is 11.9 Å². The fourth-order valence-corrected chi connectivity index (χ4v) is 2.77. The molecule has 22 heavy (non-hydrogen) atoms. The maximum absolute atomic E-state index is 12.2. The highest BCUT2D eigenvalue weighted by molar-refractivity contribution is 9.10. The number of rotatable bonds is 2. The Labute approximate surface area is 134 Å². The molecule has 0 saturated carbocycles. The zero-order chi connectivity index (χ0) is 15.7. The minimum atomic E-state index is -0.867. The van der Waals surface area contributed by atoms with E-state index in [2.05, 4.69) is 31.3 Å². The van der Waals surface area contributed by atoms with Gasteiger partial charge in [0.15, 0.2) is 5.65 Å². The van der Waals surface area contributed by atoms with Crippen LogP contribution < -0.4 is 5.32 Å². The van der Waals surface area contributed by atoms with Crippen LogP contribution in [0, 0.1) is 5.92 Å². The lowest BCUT2D eigenvalue weighted by Gasteiger charge is -2.30. The Balaban J connectivity index is 1.71. The first-order chi connectivity index (χ1) is 10.5. The van der Waals surface area contributed by atoms with Gasteiger partial charge in [0.2, 0.25) is 0 Å². The van der Waals surface area contributed by atoms with Crippen LogP contribution in [0.25, 0.3) is 5.65 Å². The molecule has 0 bridgehead atoms. The van der Waals surface area contributed by atoms with E-state index in [1.165, 1.54) is 4.90 Å². The Hall–Kier alpha value is -2.16. The van der Waals surface area contributed by atoms with E-state index in [1.807, 2.05) is 6.07 Å². The highest BCUT2D eigenvalue weighted by Gasteiger charge is 2.28. The number of piperidine rings is 1. The SMILES string of the molecule is O=C(O)C1CCCN(C(=O)Nc2nc3cc(Br)ccn3n2)C1. The third-order valence-electron chi connectivity index (χ3n) is 3.58. The second-order valence-electron chi connectivity index (χ2n) is 5.14. The largest absolute Gasteiger partial charge is 0.481 e. The van der Waals surface area contributed by atoms with E-state index in [9.17, 15) is 9.59 Å². The van der Waals surface area contributed by atoms with Crippen LogP contribution in [-0.2, 0) is 4.79 Å². The number of nitrogens with zero attached hydrogens (tertiary/aromatic N) is 4. The lowest BCUT2D eigenvalue weighted by molar-refractivity contribution is -0.143. The van der Waals surface area contributed by atoms with Crippen LogP contribution >= 0.6 is 15.9 Å². The molecule has 0 aliphatic carbocycles. The van der Waals surface area contributed by atoms with Crippen molar-refractivity contribution in [3.63, 3.8) is 0 Å². The summed E-state index contributed by atoms with van der Waals surface area (Å²) in [7, 11) is 0. The summed E-state index contributed by atoms with van der Waals surface area (Å²) in [6, 6.07) is 3.22. The number of carboxylic acids is 1. The summed E-state index contributed by atoms with van der Waals surface area (Å²) < 4.78 is 2.42. The van der Waals surface area contributed by atoms with Gasteiger partial charge in [-0.25, -0.2) is 9.31 Å². The Bertz CT molecular complexity index is 732. The van der Waals surface area contributed by atoms with E-state index in [1.54, 1.807) is 16.8 Å². The van der Waals surface area contributed by atoms with Gasteiger partial charge >= 0.3 is 12.0 Å². The highest BCUT2D eigenvalue weighted by atomic mass is 79.9. The van der Waals surface area contributed by atoms with Crippen molar-refractivity contribution in [1.82, 2.24) is 19.5 Å². The molecule has 0 aromatic carbocycles. The second-order valence-corrected chi connectivity index (χ2v) is 6.05. The molecule has 1 aliphatic rings. The lowest BCUT2D eigenvalue weighted by Crippen LogP contribution is -2.44. The average molecular weight is 368 g/mol. The molecule has 3 heterocycles. The number of aliphatic carboxylic acids is 1. The van der Waals surface area contributed by atoms with Gasteiger partial charge in [-0.05, 0) is 25.0 Å². The zero-order valence-corrected chi connectivity index (χ0v) is 13.2. The van der Waals surface area contributed by atoms with Crippen molar-refractivity contribution in [2.75, 3.05) is 18.4 Å². The van der Waals surface area contributed by atoms with Gasteiger partial charge in [0.25, 0.3) is 5.95 Å². The maximum Gasteiger partial charge on any atom is 0.324 e. The van der Waals surface area contributed by atoms with E-state index >= 15 is 0 Å². The van der Waals surface area contributed by atoms with E-state index in [4.69, 9.17) is 5.11 Å². The van der Waals surface area contributed by atoms with Crippen LogP contribution in [0.1, 0.15) is 12.8 Å². The molecule has 0 radical (unpaired) electrons. The summed E-state index contributed by atoms with van der Waals surface area (Å²) in [6.07, 6.45) is 3.00. The molecule has 1 unspecified atom stereocenters. The molecule has 1 atom stereocenters. The Morgan fingerprint density at radius 1 is 1.45 bits per heavy atom. The minimum Gasteiger partial charge on any atom is -0.481 e. The van der Waals surface area contributed by atoms with Gasteiger partial charge in [-0.1, -0.05) is 15.9 Å². The van der Waals surface area contributed by atoms with Crippen molar-refractivity contribution in [2.24, 2.45) is 5.92 Å². The molecule has 2 N–H and O–H groups in total. The predicted molar refractivity (Wildman–Crippen MR) is 81.6 cm³/mol. The van der Waals surface area contributed by atoms with Gasteiger partial charge in [-0.3, -0.25) is 10.1 Å². The first-order valence-electron chi connectivity index (χ1n) is 6.83. The molecular formula is C13H14BrN5O3. The number of pyridine rings is 1. The summed E-state index contributed by atoms with van der Waals surface area (Å²) in [6.45, 7) is 0.745. The van der Waals surface area contributed by atoms with E-state index in [-0.39, 0.29) is 18.5 Å². The summed E-state index contributed by atoms with van der Waals surface area (Å²) >= 11 is 3.34. The Kier molecular flexibility index (Phi) is 3.97. The predicted octanol–water partition coefficient (Wildman–Crippen LogP) is 1.82. The van der Waals surface area contributed by atoms with Crippen molar-refractivity contribution in [3.05, 3.63) is 22.8 Å². The molecule has 1 fully saturated rings. The fraction of sp³-hybridized carbons (Fsp3) is 0.385. The maximum atomic E-state index is 12.2. The molecule has 9 heteroatoms. The number of anilines is 1. The molecule has 0 spiro atoms. The number of aromatic nitrogens is 3. The third-order valence-corrected chi connectivity index (χ3v) is 4.07. The summed E-state index contributed by atoms with van der Waals surface area (Å²) in [5, 5.41) is 15.8. The molecule has 2 aromatic rings. The van der Waals surface area contributed by atoms with Gasteiger partial charge in [-0.15, -0.1) is 5.10 Å². The molecule has 1 saturated heterocycles. The van der Waals surface area contributed by atoms with Crippen LogP contribution in [0.15, 0.2) is 22.8 Å². The van der Waals surface area contributed by atoms with E-state index in [0.717, 1.165) is 4.47 Å². The topological polar surface area (TPSA) is 99.8 Å². The molecular weight excluding hydrogens is 354 g/mol. The van der Waals surface area contributed by atoms with Gasteiger partial charge in [0.05, 0.1) is 5.92 Å². The molecule has 1 aliphatic heterocycles. The number of carbonyl (C=O) groups is 2. The Morgan fingerprint density at radius 2 is 2.27 bits per heavy atom. The van der Waals surface area contributed by atoms with Gasteiger partial charge < -0.3 is 10.0 Å². The van der Waals surface area contributed by atoms with Crippen LogP contribution in [0.2, 0.25) is 0 Å². The van der Waals surface area contributed by atoms with Crippen molar-refractivity contribution in [1.29, 1.82) is 0 Å². The molecule has 8 nitrogen and oxygen atoms in total. The van der Waals surface area contributed by atoms with Crippen molar-refractivity contribution in [2.45, 2.75) is 12.8 Å². The monoisotopic (exact) mass is 367 g/mol. The number of carbonyl (C=O) groups excluding carboxylic acids is 1. The number of nitrogens with one attached hydrogen (secondary N) is 1. The molecule has 3 rings (SSSR count). The van der Waals surface area contributed by atoms with Gasteiger partial charge in [0.1, 0.15) is 0 Å². The quantitative estimate of drug-likeness (QED) is 0.842. The first-order valence-corrected chi connectivity index (χ1v) is 7.63. The second kappa shape index (κ2) is 5.91. The Morgan fingerprint density at radius 3 is 3.05 bits per heavy atom. The molecule has 2 amide bonds. The van der Waals surface area contributed by atoms with Gasteiger partial charge in [0, 0.05) is 23.8 Å². The summed E-state index contributed by atoms with van der Waals surface area (Å²) in [4.78, 5) is 28.9. The zero-order valence-electron chi connectivity index (χ0n) is 11.6. The van der Waals surface area contributed by atoms with Crippen LogP contribution in [0.3, 0.4) is 0 Å². The van der Waals surface area contributed by atoms with Crippen LogP contribution in [0.5, 0.6) is 0 Å². The number of likely N-dealkylation sites (tertiary alicyclic amines) is 1. The summed E-state index contributed by atoms with van der Waals surface area (Å²) in [5.41, 5.74) is 0.603. The number of fused-ring (bicyclic) bond motifs is 1. The standard InChI is InChI=1S/C13H14BrN5O3/c14-9-3-5-19-10(6-9)15-12(17-19)16-13(22)18-4-1-2-8(7-18)11(20)21/h3,5-6,8H,1-2,4,7H2,(H,20,21)(H,16,17,22). The number of hydrogen-bond donors (Lipinski definition) is 2. The lowest BCUT2D eigenvalue weighted by atomic mass is 9.99. The smallest absolute Gasteiger partial charge is 0.324 e. The summed E-state index contributed by atoms with van der Waals surface area (Å²) in [5.74, 6) is -1.18. The fourth-order valence-electron chi connectivity index (χ4n) is 2.45. The number of amides is 2. The van der Waals surface area contributed by atoms with Crippen molar-refractivity contribution in [3.8, 4) is 0 Å². The number of hydrogen-bond acceptors (Lipinski definition) is 4.